The number of carbonyl (C=O) groups excluding carboxylic acids is 2. The minimum absolute atomic E-state index is 0.132. The van der Waals surface area contributed by atoms with Gasteiger partial charge in [0.15, 0.2) is 0 Å². The van der Waals surface area contributed by atoms with Crippen LogP contribution in [0.2, 0.25) is 0 Å². The smallest absolute Gasteiger partial charge is 0.308 e. The second-order valence-corrected chi connectivity index (χ2v) is 10.9. The highest BCUT2D eigenvalue weighted by Crippen LogP contribution is 2.21. The maximum atomic E-state index is 12.4. The molecule has 0 heterocycles. The molecule has 0 spiro atoms. The van der Waals surface area contributed by atoms with Gasteiger partial charge in [-0.25, -0.2) is 0 Å². The van der Waals surface area contributed by atoms with E-state index in [4.69, 9.17) is 9.47 Å². The number of hydrogen-bond donors (Lipinski definition) is 0. The molecular formula is C28H54O4. The molecule has 0 amide bonds. The minimum atomic E-state index is -0.184. The third-order valence-electron chi connectivity index (χ3n) is 6.46. The lowest BCUT2D eigenvalue weighted by Crippen LogP contribution is -2.23. The third-order valence-corrected chi connectivity index (χ3v) is 6.46. The summed E-state index contributed by atoms with van der Waals surface area (Å²) in [5.41, 5.74) is 0. The van der Waals surface area contributed by atoms with Crippen molar-refractivity contribution in [1.29, 1.82) is 0 Å². The first-order chi connectivity index (χ1) is 15.1. The van der Waals surface area contributed by atoms with Crippen LogP contribution in [0.4, 0.5) is 0 Å². The average molecular weight is 455 g/mol. The average Bonchev–Trinajstić information content (AvgIpc) is 2.74. The van der Waals surface area contributed by atoms with Gasteiger partial charge >= 0.3 is 11.9 Å². The molecule has 0 saturated carbocycles. The van der Waals surface area contributed by atoms with Crippen LogP contribution >= 0.6 is 0 Å². The highest BCUT2D eigenvalue weighted by Gasteiger charge is 2.22. The number of carbonyl (C=O) groups is 2. The Morgan fingerprint density at radius 1 is 0.531 bits per heavy atom. The fraction of sp³-hybridized carbons (Fsp3) is 0.929. The first-order valence-corrected chi connectivity index (χ1v) is 13.4. The summed E-state index contributed by atoms with van der Waals surface area (Å²) < 4.78 is 11.3. The summed E-state index contributed by atoms with van der Waals surface area (Å²) in [7, 11) is 0. The first-order valence-electron chi connectivity index (χ1n) is 13.4. The van der Waals surface area contributed by atoms with Gasteiger partial charge in [-0.3, -0.25) is 9.59 Å². The van der Waals surface area contributed by atoms with E-state index in [0.29, 0.717) is 49.7 Å². The SMILES string of the molecule is CCCC(CCC(C)C)COC(=O)C(C)CCC(C)C(=O)OCC(CCC)CCC(C)C. The van der Waals surface area contributed by atoms with E-state index >= 15 is 0 Å². The Hall–Kier alpha value is -1.06. The Balaban J connectivity index is 4.32. The van der Waals surface area contributed by atoms with Crippen LogP contribution in [0.3, 0.4) is 0 Å². The summed E-state index contributed by atoms with van der Waals surface area (Å²) in [6, 6.07) is 0. The first kappa shape index (κ1) is 30.9. The van der Waals surface area contributed by atoms with Gasteiger partial charge in [0, 0.05) is 0 Å². The van der Waals surface area contributed by atoms with Crippen molar-refractivity contribution in [3.63, 3.8) is 0 Å². The van der Waals surface area contributed by atoms with Gasteiger partial charge in [0.05, 0.1) is 25.0 Å². The van der Waals surface area contributed by atoms with Gasteiger partial charge < -0.3 is 9.47 Å². The Labute approximate surface area is 199 Å². The molecule has 190 valence electrons. The second kappa shape index (κ2) is 18.4. The van der Waals surface area contributed by atoms with Gasteiger partial charge in [-0.05, 0) is 62.2 Å². The van der Waals surface area contributed by atoms with E-state index in [2.05, 4.69) is 41.5 Å². The lowest BCUT2D eigenvalue weighted by Gasteiger charge is -2.20. The number of hydrogen-bond acceptors (Lipinski definition) is 4. The van der Waals surface area contributed by atoms with Crippen LogP contribution in [0, 0.1) is 35.5 Å². The van der Waals surface area contributed by atoms with Crippen LogP contribution < -0.4 is 0 Å². The molecule has 0 aliphatic rings. The van der Waals surface area contributed by atoms with E-state index < -0.39 is 0 Å². The van der Waals surface area contributed by atoms with Crippen LogP contribution in [-0.4, -0.2) is 25.2 Å². The van der Waals surface area contributed by atoms with E-state index in [-0.39, 0.29) is 23.8 Å². The summed E-state index contributed by atoms with van der Waals surface area (Å²) in [4.78, 5) is 24.9. The van der Waals surface area contributed by atoms with Gasteiger partial charge in [-0.15, -0.1) is 0 Å². The van der Waals surface area contributed by atoms with Crippen molar-refractivity contribution in [2.75, 3.05) is 13.2 Å². The molecule has 4 nitrogen and oxygen atoms in total. The molecule has 0 aromatic heterocycles. The molecule has 4 heteroatoms. The van der Waals surface area contributed by atoms with Crippen LogP contribution in [0.1, 0.15) is 120 Å². The van der Waals surface area contributed by atoms with Crippen molar-refractivity contribution >= 4 is 11.9 Å². The maximum Gasteiger partial charge on any atom is 0.308 e. The lowest BCUT2D eigenvalue weighted by molar-refractivity contribution is -0.152. The predicted molar refractivity (Wildman–Crippen MR) is 134 cm³/mol. The molecule has 0 rings (SSSR count). The molecule has 0 N–H and O–H groups in total. The Bertz CT molecular complexity index is 442. The van der Waals surface area contributed by atoms with E-state index in [1.807, 2.05) is 13.8 Å². The Morgan fingerprint density at radius 3 is 1.16 bits per heavy atom. The molecule has 4 unspecified atom stereocenters. The van der Waals surface area contributed by atoms with Crippen LogP contribution in [0.5, 0.6) is 0 Å². The topological polar surface area (TPSA) is 52.6 Å². The van der Waals surface area contributed by atoms with E-state index in [9.17, 15) is 9.59 Å². The number of rotatable bonds is 19. The van der Waals surface area contributed by atoms with Crippen LogP contribution in [0.15, 0.2) is 0 Å². The van der Waals surface area contributed by atoms with Crippen molar-refractivity contribution in [3.8, 4) is 0 Å². The van der Waals surface area contributed by atoms with Crippen molar-refractivity contribution in [2.45, 2.75) is 120 Å². The van der Waals surface area contributed by atoms with Gasteiger partial charge in [-0.1, -0.05) is 81.1 Å². The molecule has 0 fully saturated rings. The zero-order valence-corrected chi connectivity index (χ0v) is 22.6. The van der Waals surface area contributed by atoms with E-state index in [1.165, 1.54) is 12.8 Å². The number of ether oxygens (including phenoxy) is 2. The minimum Gasteiger partial charge on any atom is -0.465 e. The standard InChI is InChI=1S/C28H54O4/c1-9-11-25(17-13-21(3)4)19-31-27(29)23(7)15-16-24(8)28(30)32-20-26(12-10-2)18-14-22(5)6/h21-26H,9-20H2,1-8H3. The molecule has 0 aliphatic carbocycles. The fourth-order valence-electron chi connectivity index (χ4n) is 4.00. The molecule has 0 bridgehead atoms. The van der Waals surface area contributed by atoms with Crippen molar-refractivity contribution in [3.05, 3.63) is 0 Å². The highest BCUT2D eigenvalue weighted by atomic mass is 16.5. The monoisotopic (exact) mass is 454 g/mol. The van der Waals surface area contributed by atoms with Crippen molar-refractivity contribution in [2.24, 2.45) is 35.5 Å². The largest absolute Gasteiger partial charge is 0.465 e. The van der Waals surface area contributed by atoms with E-state index in [1.54, 1.807) is 0 Å². The van der Waals surface area contributed by atoms with Gasteiger partial charge in [0.1, 0.15) is 0 Å². The van der Waals surface area contributed by atoms with Gasteiger partial charge in [-0.2, -0.15) is 0 Å². The molecule has 0 saturated heterocycles. The summed E-state index contributed by atoms with van der Waals surface area (Å²) in [5, 5.41) is 0. The summed E-state index contributed by atoms with van der Waals surface area (Å²) in [6.07, 6.45) is 10.3. The Morgan fingerprint density at radius 2 is 0.875 bits per heavy atom. The van der Waals surface area contributed by atoms with Crippen LogP contribution in [-0.2, 0) is 19.1 Å². The van der Waals surface area contributed by atoms with E-state index in [0.717, 1.165) is 38.5 Å². The molecule has 0 radical (unpaired) electrons. The highest BCUT2D eigenvalue weighted by molar-refractivity contribution is 5.73. The quantitative estimate of drug-likeness (QED) is 0.187. The summed E-state index contributed by atoms with van der Waals surface area (Å²) in [5.74, 6) is 1.64. The molecule has 0 aromatic rings. The van der Waals surface area contributed by atoms with Crippen LogP contribution in [0.25, 0.3) is 0 Å². The normalized spacial score (nSPS) is 15.4. The summed E-state index contributed by atoms with van der Waals surface area (Å²) >= 11 is 0. The second-order valence-electron chi connectivity index (χ2n) is 10.9. The maximum absolute atomic E-state index is 12.4. The molecule has 4 atom stereocenters. The molecule has 0 aromatic carbocycles. The predicted octanol–water partition coefficient (Wildman–Crippen LogP) is 7.83. The lowest BCUT2D eigenvalue weighted by atomic mass is 9.94. The summed E-state index contributed by atoms with van der Waals surface area (Å²) in [6.45, 7) is 18.2. The van der Waals surface area contributed by atoms with Crippen molar-refractivity contribution < 1.29 is 19.1 Å². The third kappa shape index (κ3) is 15.7. The van der Waals surface area contributed by atoms with Crippen molar-refractivity contribution in [1.82, 2.24) is 0 Å². The zero-order valence-electron chi connectivity index (χ0n) is 22.6. The molecule has 32 heavy (non-hydrogen) atoms. The molecular weight excluding hydrogens is 400 g/mol. The van der Waals surface area contributed by atoms with Gasteiger partial charge in [0.2, 0.25) is 0 Å². The number of esters is 2. The zero-order chi connectivity index (χ0) is 24.5. The molecule has 0 aliphatic heterocycles. The fourth-order valence-corrected chi connectivity index (χ4v) is 4.00. The van der Waals surface area contributed by atoms with Gasteiger partial charge in [0.25, 0.3) is 0 Å². The Kier molecular flexibility index (Phi) is 17.8.